The number of nitrogens with one attached hydrogen (secondary N) is 2. The van der Waals surface area contributed by atoms with Gasteiger partial charge in [-0.15, -0.1) is 0 Å². The van der Waals surface area contributed by atoms with E-state index < -0.39 is 0 Å². The molecule has 1 aromatic carbocycles. The van der Waals surface area contributed by atoms with Gasteiger partial charge in [0.15, 0.2) is 11.4 Å². The fraction of sp³-hybridized carbons (Fsp3) is 0.100. The van der Waals surface area contributed by atoms with E-state index in [4.69, 9.17) is 5.26 Å². The first kappa shape index (κ1) is 12.0. The smallest absolute Gasteiger partial charge is 0.183 e. The van der Waals surface area contributed by atoms with Crippen molar-refractivity contribution in [1.82, 2.24) is 15.5 Å². The van der Waals surface area contributed by atoms with Crippen LogP contribution in [0.5, 0.6) is 0 Å². The Morgan fingerprint density at radius 3 is 3.18 bits per heavy atom. The monoisotopic (exact) mass is 309 g/mol. The highest BCUT2D eigenvalue weighted by molar-refractivity contribution is 9.10. The Morgan fingerprint density at radius 2 is 2.47 bits per heavy atom. The van der Waals surface area contributed by atoms with Crippen molar-refractivity contribution in [1.29, 1.82) is 5.26 Å². The normalized spacial score (nSPS) is 11.5. The second-order valence-corrected chi connectivity index (χ2v) is 4.77. The van der Waals surface area contributed by atoms with Gasteiger partial charge in [-0.05, 0) is 34.3 Å². The molecule has 0 aliphatic carbocycles. The van der Waals surface area contributed by atoms with Crippen molar-refractivity contribution in [3.05, 3.63) is 22.8 Å². The van der Waals surface area contributed by atoms with Crippen molar-refractivity contribution in [2.24, 2.45) is 4.99 Å². The molecule has 0 atom stereocenters. The molecule has 2 aromatic rings. The first-order valence-electron chi connectivity index (χ1n) is 4.65. The molecule has 5 nitrogen and oxygen atoms in total. The molecule has 17 heavy (non-hydrogen) atoms. The Kier molecular flexibility index (Phi) is 3.66. The van der Waals surface area contributed by atoms with Gasteiger partial charge in [0.05, 0.1) is 17.4 Å². The Bertz CT molecular complexity index is 613. The molecule has 86 valence electrons. The van der Waals surface area contributed by atoms with E-state index in [2.05, 4.69) is 36.4 Å². The first-order valence-corrected chi connectivity index (χ1v) is 6.67. The molecule has 0 radical (unpaired) electrons. The minimum atomic E-state index is 0.548. The van der Waals surface area contributed by atoms with Crippen molar-refractivity contribution in [3.63, 3.8) is 0 Å². The fourth-order valence-corrected chi connectivity index (χ4v) is 2.11. The van der Waals surface area contributed by atoms with Crippen molar-refractivity contribution in [3.8, 4) is 6.19 Å². The third-order valence-electron chi connectivity index (χ3n) is 2.09. The number of halogens is 1. The van der Waals surface area contributed by atoms with Crippen LogP contribution in [0.2, 0.25) is 0 Å². The zero-order chi connectivity index (χ0) is 12.3. The van der Waals surface area contributed by atoms with Crippen LogP contribution in [-0.2, 0) is 0 Å². The number of aliphatic imine (C=N–C) groups is 1. The second kappa shape index (κ2) is 5.21. The summed E-state index contributed by atoms with van der Waals surface area (Å²) in [4.78, 5) is 4.35. The molecular weight excluding hydrogens is 302 g/mol. The molecule has 0 bridgehead atoms. The van der Waals surface area contributed by atoms with Crippen molar-refractivity contribution >= 4 is 49.4 Å². The quantitative estimate of drug-likeness (QED) is 0.367. The summed E-state index contributed by atoms with van der Waals surface area (Å²) in [5.41, 5.74) is 1.65. The zero-order valence-electron chi connectivity index (χ0n) is 8.86. The van der Waals surface area contributed by atoms with Crippen LogP contribution < -0.4 is 5.32 Å². The number of nitriles is 1. The van der Waals surface area contributed by atoms with Gasteiger partial charge < -0.3 is 0 Å². The van der Waals surface area contributed by atoms with E-state index in [-0.39, 0.29) is 0 Å². The lowest BCUT2D eigenvalue weighted by atomic mass is 10.2. The number of fused-ring (bicyclic) bond motifs is 1. The maximum atomic E-state index is 8.57. The van der Waals surface area contributed by atoms with E-state index >= 15 is 0 Å². The van der Waals surface area contributed by atoms with Gasteiger partial charge in [0.2, 0.25) is 0 Å². The molecule has 0 saturated heterocycles. The minimum absolute atomic E-state index is 0.548. The van der Waals surface area contributed by atoms with Gasteiger partial charge in [0, 0.05) is 9.86 Å². The highest BCUT2D eigenvalue weighted by atomic mass is 79.9. The topological polar surface area (TPSA) is 76.9 Å². The van der Waals surface area contributed by atoms with Crippen molar-refractivity contribution in [2.75, 3.05) is 6.26 Å². The Labute approximate surface area is 110 Å². The van der Waals surface area contributed by atoms with Crippen LogP contribution in [-0.4, -0.2) is 21.6 Å². The third kappa shape index (κ3) is 2.60. The molecule has 0 fully saturated rings. The minimum Gasteiger partial charge on any atom is -0.278 e. The average Bonchev–Trinajstić information content (AvgIpc) is 2.75. The van der Waals surface area contributed by atoms with E-state index in [0.29, 0.717) is 5.17 Å². The van der Waals surface area contributed by atoms with Gasteiger partial charge >= 0.3 is 0 Å². The number of rotatable bonds is 1. The number of H-pyrrole nitrogens is 1. The maximum absolute atomic E-state index is 8.57. The van der Waals surface area contributed by atoms with E-state index in [1.165, 1.54) is 11.8 Å². The lowest BCUT2D eigenvalue weighted by Crippen LogP contribution is -2.12. The average molecular weight is 310 g/mol. The molecule has 1 heterocycles. The van der Waals surface area contributed by atoms with Crippen LogP contribution in [0, 0.1) is 11.5 Å². The summed E-state index contributed by atoms with van der Waals surface area (Å²) in [5, 5.41) is 19.5. The molecule has 0 amide bonds. The number of thioether (sulfide) groups is 1. The Balaban J connectivity index is 2.47. The highest BCUT2D eigenvalue weighted by Crippen LogP contribution is 2.30. The van der Waals surface area contributed by atoms with Crippen molar-refractivity contribution < 1.29 is 0 Å². The van der Waals surface area contributed by atoms with E-state index in [9.17, 15) is 0 Å². The predicted octanol–water partition coefficient (Wildman–Crippen LogP) is 2.75. The van der Waals surface area contributed by atoms with Crippen LogP contribution >= 0.6 is 27.7 Å². The van der Waals surface area contributed by atoms with E-state index in [1.54, 1.807) is 6.20 Å². The number of hydrogen-bond acceptors (Lipinski definition) is 4. The molecule has 0 aliphatic heterocycles. The van der Waals surface area contributed by atoms with E-state index in [0.717, 1.165) is 21.1 Å². The largest absolute Gasteiger partial charge is 0.278 e. The second-order valence-electron chi connectivity index (χ2n) is 3.12. The molecule has 7 heteroatoms. The SMILES string of the molecule is CSC(=Nc1cc2[nH]ncc2cc1Br)NC#N. The van der Waals surface area contributed by atoms with Gasteiger partial charge in [-0.3, -0.25) is 10.4 Å². The third-order valence-corrected chi connectivity index (χ3v) is 3.30. The van der Waals surface area contributed by atoms with Crippen LogP contribution in [0.15, 0.2) is 27.8 Å². The van der Waals surface area contributed by atoms with Crippen molar-refractivity contribution in [2.45, 2.75) is 0 Å². The highest BCUT2D eigenvalue weighted by Gasteiger charge is 2.05. The van der Waals surface area contributed by atoms with Gasteiger partial charge in [0.25, 0.3) is 0 Å². The summed E-state index contributed by atoms with van der Waals surface area (Å²) in [7, 11) is 0. The number of hydrogen-bond donors (Lipinski definition) is 2. The lowest BCUT2D eigenvalue weighted by molar-refractivity contribution is 1.12. The van der Waals surface area contributed by atoms with Gasteiger partial charge in [-0.25, -0.2) is 4.99 Å². The summed E-state index contributed by atoms with van der Waals surface area (Å²) in [6.45, 7) is 0. The van der Waals surface area contributed by atoms with Gasteiger partial charge in [-0.1, -0.05) is 11.8 Å². The number of aromatic amines is 1. The Morgan fingerprint density at radius 1 is 1.65 bits per heavy atom. The summed E-state index contributed by atoms with van der Waals surface area (Å²) in [6, 6.07) is 3.81. The molecule has 0 unspecified atom stereocenters. The first-order chi connectivity index (χ1) is 8.24. The van der Waals surface area contributed by atoms with Crippen LogP contribution in [0.3, 0.4) is 0 Å². The summed E-state index contributed by atoms with van der Waals surface area (Å²) in [6.07, 6.45) is 5.45. The Hall–Kier alpha value is -1.52. The molecule has 2 N–H and O–H groups in total. The molecule has 1 aromatic heterocycles. The molecule has 0 spiro atoms. The number of amidine groups is 1. The van der Waals surface area contributed by atoms with Crippen LogP contribution in [0.25, 0.3) is 10.9 Å². The number of nitrogens with zero attached hydrogens (tertiary/aromatic N) is 3. The van der Waals surface area contributed by atoms with Crippen LogP contribution in [0.4, 0.5) is 5.69 Å². The number of benzene rings is 1. The fourth-order valence-electron chi connectivity index (χ4n) is 1.32. The molecule has 0 aliphatic rings. The predicted molar refractivity (Wildman–Crippen MR) is 73.2 cm³/mol. The maximum Gasteiger partial charge on any atom is 0.183 e. The standard InChI is InChI=1S/C10H8BrN5S/c1-17-10(13-5-12)15-9-3-8-6(2-7(9)11)4-14-16-8/h2-4H,1H3,(H,13,15)(H,14,16). The summed E-state index contributed by atoms with van der Waals surface area (Å²) < 4.78 is 0.859. The lowest BCUT2D eigenvalue weighted by Gasteiger charge is -2.02. The molecular formula is C10H8BrN5S. The number of aromatic nitrogens is 2. The summed E-state index contributed by atoms with van der Waals surface area (Å²) in [5.74, 6) is 0. The van der Waals surface area contributed by atoms with Gasteiger partial charge in [0.1, 0.15) is 0 Å². The van der Waals surface area contributed by atoms with Crippen LogP contribution in [0.1, 0.15) is 0 Å². The zero-order valence-corrected chi connectivity index (χ0v) is 11.3. The van der Waals surface area contributed by atoms with E-state index in [1.807, 2.05) is 24.6 Å². The molecule has 2 rings (SSSR count). The summed E-state index contributed by atoms with van der Waals surface area (Å²) >= 11 is 4.82. The van der Waals surface area contributed by atoms with Gasteiger partial charge in [-0.2, -0.15) is 10.4 Å². The molecule has 0 saturated carbocycles.